The van der Waals surface area contributed by atoms with Crippen molar-refractivity contribution < 1.29 is 4.79 Å². The monoisotopic (exact) mass is 263 g/mol. The summed E-state index contributed by atoms with van der Waals surface area (Å²) >= 11 is 5.99. The molecule has 5 heteroatoms. The Hall–Kier alpha value is -1.94. The van der Waals surface area contributed by atoms with Crippen molar-refractivity contribution in [3.05, 3.63) is 46.7 Å². The maximum Gasteiger partial charge on any atom is 0.274 e. The lowest BCUT2D eigenvalue weighted by Crippen LogP contribution is -2.17. The molecule has 0 aliphatic heterocycles. The maximum absolute atomic E-state index is 12.2. The van der Waals surface area contributed by atoms with E-state index in [-0.39, 0.29) is 5.91 Å². The van der Waals surface area contributed by atoms with E-state index in [9.17, 15) is 4.79 Å². The largest absolute Gasteiger partial charge is 0.397 e. The number of carbonyl (C=O) groups excluding carboxylic acids is 1. The molecule has 3 N–H and O–H groups in total. The summed E-state index contributed by atoms with van der Waals surface area (Å²) in [5.41, 5.74) is 8.21. The van der Waals surface area contributed by atoms with E-state index in [0.29, 0.717) is 22.1 Å². The SMILES string of the molecule is Cc1cc(N)c(C(=O)Nc2ccccc2Cl)n1C. The molecule has 0 bridgehead atoms. The molecular weight excluding hydrogens is 250 g/mol. The number of nitrogen functional groups attached to an aromatic ring is 1. The summed E-state index contributed by atoms with van der Waals surface area (Å²) in [5, 5.41) is 3.25. The molecule has 2 rings (SSSR count). The summed E-state index contributed by atoms with van der Waals surface area (Å²) in [7, 11) is 1.80. The number of hydrogen-bond acceptors (Lipinski definition) is 2. The van der Waals surface area contributed by atoms with Gasteiger partial charge in [-0.15, -0.1) is 0 Å². The van der Waals surface area contributed by atoms with Crippen LogP contribution in [0.2, 0.25) is 5.02 Å². The number of halogens is 1. The molecule has 1 amide bonds. The third kappa shape index (κ3) is 2.19. The third-order valence-corrected chi connectivity index (χ3v) is 3.17. The molecule has 0 aliphatic rings. The number of nitrogens with one attached hydrogen (secondary N) is 1. The number of rotatable bonds is 2. The van der Waals surface area contributed by atoms with Gasteiger partial charge in [0.1, 0.15) is 5.69 Å². The van der Waals surface area contributed by atoms with Crippen LogP contribution in [0, 0.1) is 6.92 Å². The minimum Gasteiger partial charge on any atom is -0.397 e. The molecule has 0 saturated heterocycles. The van der Waals surface area contributed by atoms with Gasteiger partial charge in [0, 0.05) is 12.7 Å². The quantitative estimate of drug-likeness (QED) is 0.875. The van der Waals surface area contributed by atoms with Crippen molar-refractivity contribution in [3.8, 4) is 0 Å². The summed E-state index contributed by atoms with van der Waals surface area (Å²) in [6.45, 7) is 1.89. The van der Waals surface area contributed by atoms with Crippen LogP contribution < -0.4 is 11.1 Å². The number of anilines is 2. The highest BCUT2D eigenvalue weighted by Crippen LogP contribution is 2.23. The van der Waals surface area contributed by atoms with Crippen LogP contribution in [0.25, 0.3) is 0 Å². The number of hydrogen-bond donors (Lipinski definition) is 2. The van der Waals surface area contributed by atoms with Gasteiger partial charge in [0.25, 0.3) is 5.91 Å². The average Bonchev–Trinajstić information content (AvgIpc) is 2.56. The lowest BCUT2D eigenvalue weighted by Gasteiger charge is -2.09. The zero-order valence-corrected chi connectivity index (χ0v) is 11.0. The zero-order chi connectivity index (χ0) is 13.3. The van der Waals surface area contributed by atoms with Gasteiger partial charge in [-0.1, -0.05) is 23.7 Å². The molecule has 0 saturated carbocycles. The number of para-hydroxylation sites is 1. The zero-order valence-electron chi connectivity index (χ0n) is 10.2. The van der Waals surface area contributed by atoms with E-state index in [0.717, 1.165) is 5.69 Å². The molecule has 1 aromatic heterocycles. The minimum atomic E-state index is -0.267. The van der Waals surface area contributed by atoms with Crippen LogP contribution in [0.15, 0.2) is 30.3 Å². The minimum absolute atomic E-state index is 0.267. The second kappa shape index (κ2) is 4.74. The van der Waals surface area contributed by atoms with Gasteiger partial charge in [0.05, 0.1) is 16.4 Å². The molecule has 0 atom stereocenters. The number of amides is 1. The van der Waals surface area contributed by atoms with Crippen LogP contribution in [-0.2, 0) is 7.05 Å². The number of nitrogens with zero attached hydrogens (tertiary/aromatic N) is 1. The summed E-state index contributed by atoms with van der Waals surface area (Å²) < 4.78 is 1.75. The highest BCUT2D eigenvalue weighted by Gasteiger charge is 2.16. The average molecular weight is 264 g/mol. The molecular formula is C13H14ClN3O. The second-order valence-corrected chi connectivity index (χ2v) is 4.49. The Balaban J connectivity index is 2.31. The molecule has 1 heterocycles. The Morgan fingerprint density at radius 2 is 2.06 bits per heavy atom. The van der Waals surface area contributed by atoms with E-state index < -0.39 is 0 Å². The maximum atomic E-state index is 12.2. The van der Waals surface area contributed by atoms with Crippen molar-refractivity contribution in [2.75, 3.05) is 11.1 Å². The summed E-state index contributed by atoms with van der Waals surface area (Å²) in [4.78, 5) is 12.2. The molecule has 0 radical (unpaired) electrons. The van der Waals surface area contributed by atoms with Gasteiger partial charge < -0.3 is 15.6 Å². The highest BCUT2D eigenvalue weighted by molar-refractivity contribution is 6.33. The molecule has 2 aromatic rings. The fourth-order valence-corrected chi connectivity index (χ4v) is 1.97. The number of aromatic nitrogens is 1. The Bertz CT molecular complexity index is 604. The van der Waals surface area contributed by atoms with Gasteiger partial charge in [-0.25, -0.2) is 0 Å². The smallest absolute Gasteiger partial charge is 0.274 e. The first-order valence-corrected chi connectivity index (χ1v) is 5.86. The number of nitrogens with two attached hydrogens (primary N) is 1. The van der Waals surface area contributed by atoms with E-state index in [1.165, 1.54) is 0 Å². The molecule has 0 spiro atoms. The molecule has 1 aromatic carbocycles. The lowest BCUT2D eigenvalue weighted by atomic mass is 10.3. The molecule has 4 nitrogen and oxygen atoms in total. The summed E-state index contributed by atoms with van der Waals surface area (Å²) in [5.74, 6) is -0.267. The fraction of sp³-hybridized carbons (Fsp3) is 0.154. The lowest BCUT2D eigenvalue weighted by molar-refractivity contribution is 0.102. The van der Waals surface area contributed by atoms with Crippen LogP contribution in [0.4, 0.5) is 11.4 Å². The molecule has 0 aliphatic carbocycles. The van der Waals surface area contributed by atoms with Crippen molar-refractivity contribution in [1.29, 1.82) is 0 Å². The number of carbonyl (C=O) groups is 1. The van der Waals surface area contributed by atoms with Gasteiger partial charge in [-0.05, 0) is 25.1 Å². The van der Waals surface area contributed by atoms with E-state index in [2.05, 4.69) is 5.32 Å². The second-order valence-electron chi connectivity index (χ2n) is 4.08. The van der Waals surface area contributed by atoms with Crippen LogP contribution in [0.1, 0.15) is 16.2 Å². The van der Waals surface area contributed by atoms with Crippen molar-refractivity contribution in [3.63, 3.8) is 0 Å². The van der Waals surface area contributed by atoms with Crippen LogP contribution in [-0.4, -0.2) is 10.5 Å². The summed E-state index contributed by atoms with van der Waals surface area (Å²) in [6, 6.07) is 8.84. The van der Waals surface area contributed by atoms with Crippen molar-refractivity contribution in [2.45, 2.75) is 6.92 Å². The third-order valence-electron chi connectivity index (χ3n) is 2.84. The van der Waals surface area contributed by atoms with Crippen molar-refractivity contribution in [1.82, 2.24) is 4.57 Å². The van der Waals surface area contributed by atoms with Crippen molar-refractivity contribution in [2.24, 2.45) is 7.05 Å². The molecule has 0 fully saturated rings. The normalized spacial score (nSPS) is 10.4. The number of benzene rings is 1. The van der Waals surface area contributed by atoms with Gasteiger partial charge in [-0.2, -0.15) is 0 Å². The van der Waals surface area contributed by atoms with Crippen molar-refractivity contribution >= 4 is 28.9 Å². The van der Waals surface area contributed by atoms with Gasteiger partial charge >= 0.3 is 0 Å². The summed E-state index contributed by atoms with van der Waals surface area (Å²) in [6.07, 6.45) is 0. The van der Waals surface area contributed by atoms with Crippen LogP contribution >= 0.6 is 11.6 Å². The Morgan fingerprint density at radius 3 is 2.61 bits per heavy atom. The van der Waals surface area contributed by atoms with E-state index in [4.69, 9.17) is 17.3 Å². The predicted octanol–water partition coefficient (Wildman–Crippen LogP) is 2.82. The van der Waals surface area contributed by atoms with E-state index in [1.807, 2.05) is 6.92 Å². The van der Waals surface area contributed by atoms with E-state index >= 15 is 0 Å². The number of aryl methyl sites for hydroxylation is 1. The first-order chi connectivity index (χ1) is 8.50. The topological polar surface area (TPSA) is 60.1 Å². The van der Waals surface area contributed by atoms with Gasteiger partial charge in [0.2, 0.25) is 0 Å². The van der Waals surface area contributed by atoms with E-state index in [1.54, 1.807) is 41.9 Å². The fourth-order valence-electron chi connectivity index (χ4n) is 1.79. The predicted molar refractivity (Wildman–Crippen MR) is 74.0 cm³/mol. The highest BCUT2D eigenvalue weighted by atomic mass is 35.5. The Labute approximate surface area is 110 Å². The Kier molecular flexibility index (Phi) is 3.30. The first-order valence-electron chi connectivity index (χ1n) is 5.48. The van der Waals surface area contributed by atoms with Gasteiger partial charge in [0.15, 0.2) is 0 Å². The first kappa shape index (κ1) is 12.5. The molecule has 0 unspecified atom stereocenters. The van der Waals surface area contributed by atoms with Crippen LogP contribution in [0.3, 0.4) is 0 Å². The van der Waals surface area contributed by atoms with Gasteiger partial charge in [-0.3, -0.25) is 4.79 Å². The standard InChI is InChI=1S/C13H14ClN3O/c1-8-7-10(15)12(17(8)2)13(18)16-11-6-4-3-5-9(11)14/h3-7H,15H2,1-2H3,(H,16,18). The molecule has 18 heavy (non-hydrogen) atoms. The Morgan fingerprint density at radius 1 is 1.39 bits per heavy atom. The molecule has 94 valence electrons. The van der Waals surface area contributed by atoms with Crippen LogP contribution in [0.5, 0.6) is 0 Å².